The topological polar surface area (TPSA) is 93.5 Å². The molecule has 1 saturated heterocycles. The van der Waals surface area contributed by atoms with Crippen molar-refractivity contribution in [1.82, 2.24) is 15.1 Å². The number of cyclic esters (lactones) is 1. The number of rotatable bonds is 3. The van der Waals surface area contributed by atoms with Crippen molar-refractivity contribution in [3.63, 3.8) is 0 Å². The number of aliphatic carboxylic acids is 1. The van der Waals surface area contributed by atoms with Gasteiger partial charge in [0, 0.05) is 17.8 Å². The van der Waals surface area contributed by atoms with Gasteiger partial charge in [0.2, 0.25) is 0 Å². The molecule has 0 saturated carbocycles. The summed E-state index contributed by atoms with van der Waals surface area (Å²) in [6.07, 6.45) is 2.26. The van der Waals surface area contributed by atoms with Crippen LogP contribution in [0.4, 0.5) is 4.79 Å². The number of ether oxygens (including phenoxy) is 1. The second-order valence-electron chi connectivity index (χ2n) is 4.18. The highest BCUT2D eigenvalue weighted by atomic mass is 16.6. The lowest BCUT2D eigenvalue weighted by Crippen LogP contribution is -2.39. The minimum atomic E-state index is -1.66. The highest BCUT2D eigenvalue weighted by Crippen LogP contribution is 2.29. The SMILES string of the molecule is CC(C)n1cc(C2(C(=O)O)CNC(=O)O2)cn1. The second-order valence-corrected chi connectivity index (χ2v) is 4.18. The molecule has 1 unspecified atom stereocenters. The van der Waals surface area contributed by atoms with Crippen LogP contribution in [0.25, 0.3) is 0 Å². The smallest absolute Gasteiger partial charge is 0.408 e. The number of amides is 1. The zero-order valence-corrected chi connectivity index (χ0v) is 9.51. The van der Waals surface area contributed by atoms with Crippen molar-refractivity contribution >= 4 is 12.1 Å². The van der Waals surface area contributed by atoms with Gasteiger partial charge in [0.15, 0.2) is 0 Å². The minimum Gasteiger partial charge on any atom is -0.478 e. The molecule has 17 heavy (non-hydrogen) atoms. The first kappa shape index (κ1) is 11.4. The summed E-state index contributed by atoms with van der Waals surface area (Å²) < 4.78 is 6.50. The third-order valence-corrected chi connectivity index (χ3v) is 2.69. The van der Waals surface area contributed by atoms with Crippen LogP contribution in [0.15, 0.2) is 12.4 Å². The average molecular weight is 239 g/mol. The summed E-state index contributed by atoms with van der Waals surface area (Å²) in [5, 5.41) is 15.6. The Labute approximate surface area is 97.4 Å². The molecule has 2 rings (SSSR count). The van der Waals surface area contributed by atoms with Gasteiger partial charge in [0.25, 0.3) is 5.60 Å². The van der Waals surface area contributed by atoms with Gasteiger partial charge in [-0.3, -0.25) is 4.68 Å². The molecule has 1 aliphatic heterocycles. The predicted molar refractivity (Wildman–Crippen MR) is 56.4 cm³/mol. The van der Waals surface area contributed by atoms with Crippen molar-refractivity contribution in [3.8, 4) is 0 Å². The second kappa shape index (κ2) is 3.76. The summed E-state index contributed by atoms with van der Waals surface area (Å²) in [7, 11) is 0. The molecule has 1 aliphatic rings. The van der Waals surface area contributed by atoms with Crippen LogP contribution in [0.5, 0.6) is 0 Å². The number of carbonyl (C=O) groups is 2. The third-order valence-electron chi connectivity index (χ3n) is 2.69. The van der Waals surface area contributed by atoms with Gasteiger partial charge in [-0.2, -0.15) is 5.10 Å². The summed E-state index contributed by atoms with van der Waals surface area (Å²) in [4.78, 5) is 22.3. The van der Waals surface area contributed by atoms with Crippen molar-refractivity contribution in [1.29, 1.82) is 0 Å². The molecule has 0 radical (unpaired) electrons. The Hall–Kier alpha value is -2.05. The summed E-state index contributed by atoms with van der Waals surface area (Å²) in [6.45, 7) is 3.75. The van der Waals surface area contributed by atoms with Crippen molar-refractivity contribution in [2.45, 2.75) is 25.5 Å². The Morgan fingerprint density at radius 1 is 1.71 bits per heavy atom. The summed E-state index contributed by atoms with van der Waals surface area (Å²) in [5.74, 6) is -1.21. The molecule has 1 atom stereocenters. The molecule has 92 valence electrons. The van der Waals surface area contributed by atoms with Gasteiger partial charge in [-0.15, -0.1) is 0 Å². The third kappa shape index (κ3) is 1.73. The van der Waals surface area contributed by atoms with Crippen LogP contribution in [0.2, 0.25) is 0 Å². The van der Waals surface area contributed by atoms with Gasteiger partial charge in [-0.05, 0) is 13.8 Å². The van der Waals surface area contributed by atoms with Gasteiger partial charge in [-0.25, -0.2) is 9.59 Å². The fourth-order valence-electron chi connectivity index (χ4n) is 1.66. The first-order chi connectivity index (χ1) is 7.95. The molecule has 2 heterocycles. The van der Waals surface area contributed by atoms with Crippen molar-refractivity contribution in [3.05, 3.63) is 18.0 Å². The standard InChI is InChI=1S/C10H13N3O4/c1-6(2)13-4-7(3-12-13)10(8(14)15)5-11-9(16)17-10/h3-4,6H,5H2,1-2H3,(H,11,16)(H,14,15). The molecular formula is C10H13N3O4. The number of carboxylic acids is 1. The predicted octanol–water partition coefficient (Wildman–Crippen LogP) is 0.484. The quantitative estimate of drug-likeness (QED) is 0.800. The molecule has 1 aromatic rings. The summed E-state index contributed by atoms with van der Waals surface area (Å²) in [5.41, 5.74) is -1.30. The van der Waals surface area contributed by atoms with Crippen LogP contribution in [-0.4, -0.2) is 33.5 Å². The molecular weight excluding hydrogens is 226 g/mol. The molecule has 7 heteroatoms. The number of hydrogen-bond donors (Lipinski definition) is 2. The molecule has 0 aromatic carbocycles. The van der Waals surface area contributed by atoms with Gasteiger partial charge in [0.05, 0.1) is 12.7 Å². The molecule has 1 amide bonds. The maximum Gasteiger partial charge on any atom is 0.408 e. The van der Waals surface area contributed by atoms with Crippen LogP contribution in [-0.2, 0) is 15.1 Å². The number of alkyl carbamates (subject to hydrolysis) is 1. The number of nitrogens with one attached hydrogen (secondary N) is 1. The molecule has 2 N–H and O–H groups in total. The van der Waals surface area contributed by atoms with Crippen LogP contribution in [0.1, 0.15) is 25.5 Å². The van der Waals surface area contributed by atoms with E-state index < -0.39 is 17.7 Å². The van der Waals surface area contributed by atoms with Crippen LogP contribution in [0.3, 0.4) is 0 Å². The van der Waals surface area contributed by atoms with Crippen LogP contribution >= 0.6 is 0 Å². The van der Waals surface area contributed by atoms with E-state index in [1.165, 1.54) is 6.20 Å². The first-order valence-electron chi connectivity index (χ1n) is 5.20. The molecule has 0 aliphatic carbocycles. The minimum absolute atomic E-state index is 0.0923. The Balaban J connectivity index is 2.40. The number of hydrogen-bond acceptors (Lipinski definition) is 4. The molecule has 1 fully saturated rings. The lowest BCUT2D eigenvalue weighted by molar-refractivity contribution is -0.155. The van der Waals surface area contributed by atoms with E-state index in [2.05, 4.69) is 10.4 Å². The average Bonchev–Trinajstić information content (AvgIpc) is 2.83. The Morgan fingerprint density at radius 3 is 2.82 bits per heavy atom. The van der Waals surface area contributed by atoms with Gasteiger partial charge >= 0.3 is 12.1 Å². The molecule has 7 nitrogen and oxygen atoms in total. The maximum absolute atomic E-state index is 11.3. The largest absolute Gasteiger partial charge is 0.478 e. The zero-order chi connectivity index (χ0) is 12.6. The monoisotopic (exact) mass is 239 g/mol. The zero-order valence-electron chi connectivity index (χ0n) is 9.51. The van der Waals surface area contributed by atoms with E-state index in [4.69, 9.17) is 4.74 Å². The number of nitrogens with zero attached hydrogens (tertiary/aromatic N) is 2. The van der Waals surface area contributed by atoms with Crippen molar-refractivity contribution in [2.24, 2.45) is 0 Å². The molecule has 0 spiro atoms. The van der Waals surface area contributed by atoms with Gasteiger partial charge in [-0.1, -0.05) is 0 Å². The number of carbonyl (C=O) groups excluding carboxylic acids is 1. The molecule has 1 aromatic heterocycles. The van der Waals surface area contributed by atoms with E-state index in [0.29, 0.717) is 5.56 Å². The van der Waals surface area contributed by atoms with Crippen molar-refractivity contribution < 1.29 is 19.4 Å². The summed E-state index contributed by atoms with van der Waals surface area (Å²) in [6, 6.07) is 0.111. The van der Waals surface area contributed by atoms with Gasteiger partial charge < -0.3 is 15.2 Å². The Morgan fingerprint density at radius 2 is 2.41 bits per heavy atom. The Kier molecular flexibility index (Phi) is 2.53. The number of aromatic nitrogens is 2. The van der Waals surface area contributed by atoms with Crippen LogP contribution < -0.4 is 5.32 Å². The Bertz CT molecular complexity index is 468. The lowest BCUT2D eigenvalue weighted by Gasteiger charge is -2.19. The number of carboxylic acid groups (broad SMARTS) is 1. The maximum atomic E-state index is 11.3. The molecule has 0 bridgehead atoms. The first-order valence-corrected chi connectivity index (χ1v) is 5.20. The lowest BCUT2D eigenvalue weighted by atomic mass is 9.98. The fourth-order valence-corrected chi connectivity index (χ4v) is 1.66. The van der Waals surface area contributed by atoms with E-state index in [-0.39, 0.29) is 12.6 Å². The summed E-state index contributed by atoms with van der Waals surface area (Å²) >= 11 is 0. The highest BCUT2D eigenvalue weighted by Gasteiger charge is 2.50. The highest BCUT2D eigenvalue weighted by molar-refractivity contribution is 5.86. The van der Waals surface area contributed by atoms with E-state index in [0.717, 1.165) is 0 Å². The normalized spacial score (nSPS) is 23.6. The van der Waals surface area contributed by atoms with E-state index >= 15 is 0 Å². The van der Waals surface area contributed by atoms with Gasteiger partial charge in [0.1, 0.15) is 0 Å². The fraction of sp³-hybridized carbons (Fsp3) is 0.500. The van der Waals surface area contributed by atoms with Crippen LogP contribution in [0, 0.1) is 0 Å². The van der Waals surface area contributed by atoms with Crippen molar-refractivity contribution in [2.75, 3.05) is 6.54 Å². The van der Waals surface area contributed by atoms with E-state index in [1.54, 1.807) is 10.9 Å². The van der Waals surface area contributed by atoms with E-state index in [1.807, 2.05) is 13.8 Å². The van der Waals surface area contributed by atoms with E-state index in [9.17, 15) is 14.7 Å².